The largest absolute Gasteiger partial charge is 0.329 e. The van der Waals surface area contributed by atoms with Crippen molar-refractivity contribution in [1.82, 2.24) is 0 Å². The minimum Gasteiger partial charge on any atom is -0.329 e. The smallest absolute Gasteiger partial charge is 0.155 e. The molecule has 0 amide bonds. The van der Waals surface area contributed by atoms with Gasteiger partial charge in [0.1, 0.15) is 0 Å². The summed E-state index contributed by atoms with van der Waals surface area (Å²) in [5.74, 6) is -0.0931. The first-order valence-electron chi connectivity index (χ1n) is 5.83. The Hall–Kier alpha value is -0.430. The lowest BCUT2D eigenvalue weighted by molar-refractivity contribution is 0.587. The van der Waals surface area contributed by atoms with Crippen molar-refractivity contribution in [3.8, 4) is 0 Å². The summed E-state index contributed by atoms with van der Waals surface area (Å²) in [7, 11) is -3.17. The van der Waals surface area contributed by atoms with E-state index in [1.54, 1.807) is 6.92 Å². The zero-order valence-corrected chi connectivity index (χ0v) is 12.5. The second-order valence-electron chi connectivity index (χ2n) is 4.72. The quantitative estimate of drug-likeness (QED) is 0.861. The Balaban J connectivity index is 2.37. The van der Waals surface area contributed by atoms with E-state index in [9.17, 15) is 8.42 Å². The van der Waals surface area contributed by atoms with E-state index in [1.807, 2.05) is 24.3 Å². The van der Waals surface area contributed by atoms with Crippen LogP contribution >= 0.6 is 15.9 Å². The molecule has 0 aliphatic heterocycles. The Morgan fingerprint density at radius 3 is 2.33 bits per heavy atom. The fraction of sp³-hybridized carbons (Fsp3) is 0.500. The van der Waals surface area contributed by atoms with Crippen molar-refractivity contribution in [1.29, 1.82) is 0 Å². The zero-order chi connectivity index (χ0) is 13.6. The third-order valence-corrected chi connectivity index (χ3v) is 6.49. The monoisotopic (exact) mass is 332 g/mol. The molecule has 4 N–H and O–H groups in total. The van der Waals surface area contributed by atoms with Crippen LogP contribution < -0.4 is 11.5 Å². The van der Waals surface area contributed by atoms with E-state index in [0.717, 1.165) is 10.0 Å². The van der Waals surface area contributed by atoms with Crippen LogP contribution in [-0.2, 0) is 9.84 Å². The van der Waals surface area contributed by atoms with Gasteiger partial charge in [-0.15, -0.1) is 0 Å². The van der Waals surface area contributed by atoms with Crippen molar-refractivity contribution in [3.63, 3.8) is 0 Å². The van der Waals surface area contributed by atoms with Crippen LogP contribution in [0, 0.1) is 0 Å². The summed E-state index contributed by atoms with van der Waals surface area (Å²) in [6.07, 6.45) is 0. The number of hydrogen-bond acceptors (Lipinski definition) is 4. The van der Waals surface area contributed by atoms with Gasteiger partial charge in [-0.2, -0.15) is 0 Å². The van der Waals surface area contributed by atoms with Gasteiger partial charge in [0, 0.05) is 22.7 Å². The zero-order valence-electron chi connectivity index (χ0n) is 10.1. The molecule has 0 spiro atoms. The Bertz CT molecular complexity index is 544. The molecule has 1 aliphatic carbocycles. The van der Waals surface area contributed by atoms with Crippen molar-refractivity contribution in [2.45, 2.75) is 23.6 Å². The molecule has 100 valence electrons. The summed E-state index contributed by atoms with van der Waals surface area (Å²) in [6.45, 7) is 1.82. The van der Waals surface area contributed by atoms with E-state index in [2.05, 4.69) is 15.9 Å². The fourth-order valence-electron chi connectivity index (χ4n) is 2.54. The molecule has 0 radical (unpaired) electrons. The van der Waals surface area contributed by atoms with Crippen LogP contribution in [0.5, 0.6) is 0 Å². The molecule has 0 heterocycles. The van der Waals surface area contributed by atoms with E-state index >= 15 is 0 Å². The minimum atomic E-state index is -3.17. The predicted molar refractivity (Wildman–Crippen MR) is 76.1 cm³/mol. The molecule has 0 saturated heterocycles. The second-order valence-corrected chi connectivity index (χ2v) is 8.04. The first kappa shape index (κ1) is 14.0. The maximum absolute atomic E-state index is 12.0. The fourth-order valence-corrected chi connectivity index (χ4v) is 4.82. The molecule has 1 saturated carbocycles. The van der Waals surface area contributed by atoms with Gasteiger partial charge in [-0.3, -0.25) is 0 Å². The molecule has 1 aliphatic rings. The number of nitrogens with two attached hydrogens (primary N) is 2. The molecule has 4 nitrogen and oxygen atoms in total. The van der Waals surface area contributed by atoms with E-state index in [-0.39, 0.29) is 18.2 Å². The first-order valence-corrected chi connectivity index (χ1v) is 8.33. The van der Waals surface area contributed by atoms with Crippen LogP contribution in [0.15, 0.2) is 28.7 Å². The van der Waals surface area contributed by atoms with E-state index in [1.165, 1.54) is 0 Å². The van der Waals surface area contributed by atoms with Crippen LogP contribution in [0.1, 0.15) is 18.4 Å². The third kappa shape index (κ3) is 2.11. The molecule has 1 fully saturated rings. The molecule has 6 heteroatoms. The highest BCUT2D eigenvalue weighted by Crippen LogP contribution is 2.53. The lowest BCUT2D eigenvalue weighted by atomic mass is 10.1. The van der Waals surface area contributed by atoms with Gasteiger partial charge in [0.05, 0.1) is 10.8 Å². The molecule has 2 rings (SSSR count). The maximum atomic E-state index is 12.0. The molecule has 18 heavy (non-hydrogen) atoms. The molecule has 3 atom stereocenters. The van der Waals surface area contributed by atoms with Gasteiger partial charge in [-0.1, -0.05) is 35.0 Å². The first-order chi connectivity index (χ1) is 8.36. The van der Waals surface area contributed by atoms with Gasteiger partial charge in [-0.05, 0) is 17.7 Å². The highest BCUT2D eigenvalue weighted by atomic mass is 79.9. The lowest BCUT2D eigenvalue weighted by Crippen LogP contribution is -2.39. The molecule has 1 aromatic carbocycles. The molecule has 0 bridgehead atoms. The summed E-state index contributed by atoms with van der Waals surface area (Å²) in [5.41, 5.74) is 11.9. The summed E-state index contributed by atoms with van der Waals surface area (Å²) in [5, 5.41) is -0.554. The van der Waals surface area contributed by atoms with E-state index in [0.29, 0.717) is 0 Å². The summed E-state index contributed by atoms with van der Waals surface area (Å²) in [4.78, 5) is 0. The van der Waals surface area contributed by atoms with Crippen molar-refractivity contribution in [2.24, 2.45) is 11.5 Å². The summed E-state index contributed by atoms with van der Waals surface area (Å²) < 4.78 is 25.0. The van der Waals surface area contributed by atoms with Crippen LogP contribution in [0.3, 0.4) is 0 Å². The number of benzene rings is 1. The van der Waals surface area contributed by atoms with Gasteiger partial charge in [0.2, 0.25) is 0 Å². The lowest BCUT2D eigenvalue weighted by Gasteiger charge is -2.07. The van der Waals surface area contributed by atoms with Crippen molar-refractivity contribution >= 4 is 25.8 Å². The van der Waals surface area contributed by atoms with Crippen LogP contribution in [0.2, 0.25) is 0 Å². The standard InChI is InChI=1S/C12H17BrN2O2S/c1-2-18(16,17)11-10(12(11,15)7-14)8-3-5-9(13)6-4-8/h3-6,10-11H,2,7,14-15H2,1H3/t10-,11-,12-/m1/s1. The Labute approximate surface area is 116 Å². The number of halogens is 1. The number of sulfone groups is 1. The predicted octanol–water partition coefficient (Wildman–Crippen LogP) is 1.01. The molecule has 0 unspecified atom stereocenters. The van der Waals surface area contributed by atoms with E-state index in [4.69, 9.17) is 11.5 Å². The Morgan fingerprint density at radius 2 is 1.89 bits per heavy atom. The van der Waals surface area contributed by atoms with Gasteiger partial charge >= 0.3 is 0 Å². The molecular formula is C12H17BrN2O2S. The van der Waals surface area contributed by atoms with Crippen LogP contribution in [0.4, 0.5) is 0 Å². The van der Waals surface area contributed by atoms with Crippen LogP contribution in [0.25, 0.3) is 0 Å². The van der Waals surface area contributed by atoms with Gasteiger partial charge in [0.25, 0.3) is 0 Å². The number of rotatable bonds is 4. The maximum Gasteiger partial charge on any atom is 0.155 e. The van der Waals surface area contributed by atoms with Crippen molar-refractivity contribution < 1.29 is 8.42 Å². The third-order valence-electron chi connectivity index (χ3n) is 3.67. The van der Waals surface area contributed by atoms with Gasteiger partial charge in [0.15, 0.2) is 9.84 Å². The van der Waals surface area contributed by atoms with Crippen LogP contribution in [-0.4, -0.2) is 31.5 Å². The SMILES string of the molecule is CCS(=O)(=O)[C@@H]1[C@@H](c2ccc(Br)cc2)[C@]1(N)CN. The Kier molecular flexibility index (Phi) is 3.57. The second kappa shape index (κ2) is 4.59. The highest BCUT2D eigenvalue weighted by Gasteiger charge is 2.67. The molecule has 0 aromatic heterocycles. The summed E-state index contributed by atoms with van der Waals surface area (Å²) in [6, 6.07) is 7.58. The average molecular weight is 333 g/mol. The molecular weight excluding hydrogens is 316 g/mol. The van der Waals surface area contributed by atoms with Crippen molar-refractivity contribution in [3.05, 3.63) is 34.3 Å². The Morgan fingerprint density at radius 1 is 1.33 bits per heavy atom. The highest BCUT2D eigenvalue weighted by molar-refractivity contribution is 9.10. The molecule has 1 aromatic rings. The van der Waals surface area contributed by atoms with E-state index < -0.39 is 20.6 Å². The average Bonchev–Trinajstić information content (AvgIpc) is 2.98. The topological polar surface area (TPSA) is 86.2 Å². The normalized spacial score (nSPS) is 31.3. The van der Waals surface area contributed by atoms with Gasteiger partial charge < -0.3 is 11.5 Å². The summed E-state index contributed by atoms with van der Waals surface area (Å²) >= 11 is 3.35. The van der Waals surface area contributed by atoms with Gasteiger partial charge in [-0.25, -0.2) is 8.42 Å². The minimum absolute atomic E-state index is 0.101. The number of hydrogen-bond donors (Lipinski definition) is 2. The van der Waals surface area contributed by atoms with Crippen molar-refractivity contribution in [2.75, 3.05) is 12.3 Å².